The molecule has 2 saturated heterocycles. The zero-order valence-electron chi connectivity index (χ0n) is 13.5. The Morgan fingerprint density at radius 2 is 1.65 bits per heavy atom. The standard InChI is InChI=1S/C17H33N3/c1-17(2)9-6-7-15(16(17)18)20-12-8-14(13-20)19-10-4-3-5-11-19/h14-16H,3-13,18H2,1-2H3. The van der Waals surface area contributed by atoms with E-state index in [9.17, 15) is 0 Å². The van der Waals surface area contributed by atoms with Gasteiger partial charge < -0.3 is 5.73 Å². The van der Waals surface area contributed by atoms with Crippen LogP contribution in [-0.4, -0.2) is 54.1 Å². The predicted octanol–water partition coefficient (Wildman–Crippen LogP) is 2.45. The van der Waals surface area contributed by atoms with Crippen molar-refractivity contribution in [3.05, 3.63) is 0 Å². The minimum atomic E-state index is 0.326. The maximum atomic E-state index is 6.61. The molecule has 0 bridgehead atoms. The molecule has 20 heavy (non-hydrogen) atoms. The summed E-state index contributed by atoms with van der Waals surface area (Å²) in [6, 6.07) is 1.80. The molecule has 0 radical (unpaired) electrons. The summed E-state index contributed by atoms with van der Waals surface area (Å²) < 4.78 is 0. The van der Waals surface area contributed by atoms with Crippen molar-refractivity contribution < 1.29 is 0 Å². The van der Waals surface area contributed by atoms with Crippen LogP contribution in [0.1, 0.15) is 58.8 Å². The lowest BCUT2D eigenvalue weighted by atomic mass is 9.71. The van der Waals surface area contributed by atoms with E-state index in [0.717, 1.165) is 6.04 Å². The van der Waals surface area contributed by atoms with Gasteiger partial charge in [-0.3, -0.25) is 9.80 Å². The lowest BCUT2D eigenvalue weighted by Gasteiger charge is -2.45. The summed E-state index contributed by atoms with van der Waals surface area (Å²) >= 11 is 0. The number of hydrogen-bond acceptors (Lipinski definition) is 3. The molecule has 0 aromatic heterocycles. The molecule has 2 heterocycles. The van der Waals surface area contributed by atoms with Crippen molar-refractivity contribution in [2.45, 2.75) is 76.9 Å². The number of likely N-dealkylation sites (tertiary alicyclic amines) is 2. The van der Waals surface area contributed by atoms with Gasteiger partial charge in [0, 0.05) is 31.2 Å². The molecule has 0 aromatic carbocycles. The van der Waals surface area contributed by atoms with Crippen molar-refractivity contribution in [1.29, 1.82) is 0 Å². The van der Waals surface area contributed by atoms with Crippen LogP contribution in [0.15, 0.2) is 0 Å². The second kappa shape index (κ2) is 5.94. The first-order valence-corrected chi connectivity index (χ1v) is 8.81. The number of nitrogens with zero attached hydrogens (tertiary/aromatic N) is 2. The van der Waals surface area contributed by atoms with E-state index in [4.69, 9.17) is 5.73 Å². The van der Waals surface area contributed by atoms with Gasteiger partial charge in [-0.05, 0) is 50.6 Å². The molecule has 3 heteroatoms. The molecule has 3 unspecified atom stereocenters. The van der Waals surface area contributed by atoms with Gasteiger partial charge in [0.25, 0.3) is 0 Å². The lowest BCUT2D eigenvalue weighted by Crippen LogP contribution is -2.56. The van der Waals surface area contributed by atoms with Gasteiger partial charge in [0.05, 0.1) is 0 Å². The lowest BCUT2D eigenvalue weighted by molar-refractivity contribution is 0.0746. The van der Waals surface area contributed by atoms with Gasteiger partial charge in [-0.15, -0.1) is 0 Å². The molecule has 3 atom stereocenters. The summed E-state index contributed by atoms with van der Waals surface area (Å²) in [6.07, 6.45) is 9.60. The summed E-state index contributed by atoms with van der Waals surface area (Å²) in [5.74, 6) is 0. The fourth-order valence-corrected chi connectivity index (χ4v) is 4.69. The molecule has 1 saturated carbocycles. The van der Waals surface area contributed by atoms with E-state index >= 15 is 0 Å². The minimum Gasteiger partial charge on any atom is -0.326 e. The Labute approximate surface area is 124 Å². The van der Waals surface area contributed by atoms with Gasteiger partial charge in [-0.25, -0.2) is 0 Å². The highest BCUT2D eigenvalue weighted by Gasteiger charge is 2.41. The molecule has 0 aromatic rings. The molecule has 3 rings (SSSR count). The van der Waals surface area contributed by atoms with E-state index in [-0.39, 0.29) is 0 Å². The first-order chi connectivity index (χ1) is 9.58. The molecule has 3 fully saturated rings. The Kier molecular flexibility index (Phi) is 4.40. The van der Waals surface area contributed by atoms with Crippen molar-refractivity contribution in [2.75, 3.05) is 26.2 Å². The van der Waals surface area contributed by atoms with Crippen LogP contribution in [0.2, 0.25) is 0 Å². The van der Waals surface area contributed by atoms with Crippen molar-refractivity contribution in [1.82, 2.24) is 9.80 Å². The third-order valence-electron chi connectivity index (χ3n) is 6.21. The smallest absolute Gasteiger partial charge is 0.0253 e. The Morgan fingerprint density at radius 1 is 0.900 bits per heavy atom. The average molecular weight is 279 g/mol. The summed E-state index contributed by atoms with van der Waals surface area (Å²) in [5.41, 5.74) is 6.93. The Hall–Kier alpha value is -0.120. The first kappa shape index (κ1) is 14.8. The maximum absolute atomic E-state index is 6.61. The van der Waals surface area contributed by atoms with Gasteiger partial charge in [-0.1, -0.05) is 26.7 Å². The van der Waals surface area contributed by atoms with E-state index in [1.54, 1.807) is 0 Å². The molecule has 2 N–H and O–H groups in total. The van der Waals surface area contributed by atoms with Gasteiger partial charge in [-0.2, -0.15) is 0 Å². The highest BCUT2D eigenvalue weighted by Crippen LogP contribution is 2.37. The highest BCUT2D eigenvalue weighted by molar-refractivity contribution is 4.99. The molecule has 0 spiro atoms. The zero-order valence-corrected chi connectivity index (χ0v) is 13.5. The van der Waals surface area contributed by atoms with Crippen LogP contribution >= 0.6 is 0 Å². The second-order valence-corrected chi connectivity index (χ2v) is 8.01. The maximum Gasteiger partial charge on any atom is 0.0253 e. The SMILES string of the molecule is CC1(C)CCCC(N2CCC(N3CCCCC3)C2)C1N. The molecule has 0 amide bonds. The third kappa shape index (κ3) is 2.90. The van der Waals surface area contributed by atoms with E-state index < -0.39 is 0 Å². The normalized spacial score (nSPS) is 40.0. The van der Waals surface area contributed by atoms with Crippen molar-refractivity contribution >= 4 is 0 Å². The van der Waals surface area contributed by atoms with Gasteiger partial charge in [0.1, 0.15) is 0 Å². The summed E-state index contributed by atoms with van der Waals surface area (Å²) in [7, 11) is 0. The fourth-order valence-electron chi connectivity index (χ4n) is 4.69. The van der Waals surface area contributed by atoms with Crippen LogP contribution in [0.3, 0.4) is 0 Å². The molecule has 2 aliphatic heterocycles. The average Bonchev–Trinajstić information content (AvgIpc) is 2.92. The first-order valence-electron chi connectivity index (χ1n) is 8.81. The fraction of sp³-hybridized carbons (Fsp3) is 1.00. The molecule has 116 valence electrons. The van der Waals surface area contributed by atoms with Crippen molar-refractivity contribution in [2.24, 2.45) is 11.1 Å². The van der Waals surface area contributed by atoms with E-state index in [2.05, 4.69) is 23.6 Å². The van der Waals surface area contributed by atoms with Crippen LogP contribution in [0.25, 0.3) is 0 Å². The van der Waals surface area contributed by atoms with E-state index in [0.29, 0.717) is 17.5 Å². The number of hydrogen-bond donors (Lipinski definition) is 1. The number of piperidine rings is 1. The van der Waals surface area contributed by atoms with Crippen LogP contribution in [0.4, 0.5) is 0 Å². The van der Waals surface area contributed by atoms with Crippen LogP contribution in [0, 0.1) is 5.41 Å². The summed E-state index contributed by atoms with van der Waals surface area (Å²) in [4.78, 5) is 5.48. The second-order valence-electron chi connectivity index (χ2n) is 8.01. The van der Waals surface area contributed by atoms with Gasteiger partial charge in [0.2, 0.25) is 0 Å². The monoisotopic (exact) mass is 279 g/mol. The Balaban J connectivity index is 1.59. The number of nitrogens with two attached hydrogens (primary N) is 1. The molecule has 1 aliphatic carbocycles. The predicted molar refractivity (Wildman–Crippen MR) is 84.8 cm³/mol. The van der Waals surface area contributed by atoms with Crippen molar-refractivity contribution in [3.63, 3.8) is 0 Å². The number of rotatable bonds is 2. The van der Waals surface area contributed by atoms with E-state index in [1.807, 2.05) is 0 Å². The van der Waals surface area contributed by atoms with Crippen LogP contribution in [-0.2, 0) is 0 Å². The largest absolute Gasteiger partial charge is 0.326 e. The Morgan fingerprint density at radius 3 is 2.40 bits per heavy atom. The third-order valence-corrected chi connectivity index (χ3v) is 6.21. The minimum absolute atomic E-state index is 0.326. The quantitative estimate of drug-likeness (QED) is 0.843. The molecule has 3 aliphatic rings. The summed E-state index contributed by atoms with van der Waals surface area (Å²) in [6.45, 7) is 9.94. The molecular weight excluding hydrogens is 246 g/mol. The summed E-state index contributed by atoms with van der Waals surface area (Å²) in [5, 5.41) is 0. The van der Waals surface area contributed by atoms with Gasteiger partial charge in [0.15, 0.2) is 0 Å². The molecule has 3 nitrogen and oxygen atoms in total. The zero-order chi connectivity index (χ0) is 14.2. The molecular formula is C17H33N3. The van der Waals surface area contributed by atoms with Gasteiger partial charge >= 0.3 is 0 Å². The highest BCUT2D eigenvalue weighted by atomic mass is 15.3. The van der Waals surface area contributed by atoms with Crippen LogP contribution < -0.4 is 5.73 Å². The Bertz CT molecular complexity index is 322. The van der Waals surface area contributed by atoms with Crippen molar-refractivity contribution in [3.8, 4) is 0 Å². The topological polar surface area (TPSA) is 32.5 Å². The van der Waals surface area contributed by atoms with E-state index in [1.165, 1.54) is 71.1 Å². The van der Waals surface area contributed by atoms with Crippen LogP contribution in [0.5, 0.6) is 0 Å².